The van der Waals surface area contributed by atoms with Crippen LogP contribution in [0.25, 0.3) is 0 Å². The molecule has 3 rings (SSSR count). The Labute approximate surface area is 145 Å². The Hall–Kier alpha value is -2.34. The highest BCUT2D eigenvalue weighted by Gasteiger charge is 2.24. The predicted molar refractivity (Wildman–Crippen MR) is 93.4 cm³/mol. The fraction of sp³-hybridized carbons (Fsp3) is 0.353. The summed E-state index contributed by atoms with van der Waals surface area (Å²) in [4.78, 5) is 25.9. The number of anilines is 2. The monoisotopic (exact) mass is 346 g/mol. The van der Waals surface area contributed by atoms with Crippen molar-refractivity contribution in [2.24, 2.45) is 0 Å². The molecule has 1 aromatic heterocycles. The Morgan fingerprint density at radius 2 is 2.21 bits per heavy atom. The lowest BCUT2D eigenvalue weighted by molar-refractivity contribution is -0.118. The van der Waals surface area contributed by atoms with Crippen molar-refractivity contribution in [3.05, 3.63) is 40.5 Å². The zero-order valence-electron chi connectivity index (χ0n) is 13.6. The Bertz CT molecular complexity index is 787. The summed E-state index contributed by atoms with van der Waals surface area (Å²) < 4.78 is 0. The average Bonchev–Trinajstić information content (AvgIpc) is 3.15. The maximum atomic E-state index is 12.4. The Morgan fingerprint density at radius 3 is 2.79 bits per heavy atom. The fourth-order valence-corrected chi connectivity index (χ4v) is 3.15. The van der Waals surface area contributed by atoms with E-state index < -0.39 is 5.92 Å². The standard InChI is InChI=1S/C17H19ClN4O2/c1-10-8-15(21-20-10)19-17(24)11(2)13-6-5-12(9-14(13)18)22-7-3-4-16(22)23/h5-6,8-9,11H,3-4,7H2,1-2H3,(H2,19,20,21,24). The summed E-state index contributed by atoms with van der Waals surface area (Å²) in [7, 11) is 0. The van der Waals surface area contributed by atoms with E-state index in [1.165, 1.54) is 0 Å². The molecule has 0 spiro atoms. The summed E-state index contributed by atoms with van der Waals surface area (Å²) in [6.07, 6.45) is 1.43. The smallest absolute Gasteiger partial charge is 0.232 e. The molecule has 0 aliphatic carbocycles. The third-order valence-corrected chi connectivity index (χ3v) is 4.51. The number of hydrogen-bond acceptors (Lipinski definition) is 3. The maximum Gasteiger partial charge on any atom is 0.232 e. The van der Waals surface area contributed by atoms with Crippen molar-refractivity contribution in [3.63, 3.8) is 0 Å². The maximum absolute atomic E-state index is 12.4. The average molecular weight is 347 g/mol. The molecular weight excluding hydrogens is 328 g/mol. The van der Waals surface area contributed by atoms with Crippen molar-refractivity contribution in [3.8, 4) is 0 Å². The second kappa shape index (κ2) is 6.65. The predicted octanol–water partition coefficient (Wildman–Crippen LogP) is 3.24. The first-order valence-corrected chi connectivity index (χ1v) is 8.26. The summed E-state index contributed by atoms with van der Waals surface area (Å²) in [5.41, 5.74) is 2.37. The first-order valence-electron chi connectivity index (χ1n) is 7.88. The van der Waals surface area contributed by atoms with Crippen molar-refractivity contribution in [2.75, 3.05) is 16.8 Å². The number of H-pyrrole nitrogens is 1. The van der Waals surface area contributed by atoms with Gasteiger partial charge in [-0.1, -0.05) is 17.7 Å². The summed E-state index contributed by atoms with van der Waals surface area (Å²) in [5, 5.41) is 10.0. The van der Waals surface area contributed by atoms with Crippen molar-refractivity contribution in [2.45, 2.75) is 32.6 Å². The summed E-state index contributed by atoms with van der Waals surface area (Å²) >= 11 is 6.36. The van der Waals surface area contributed by atoms with E-state index in [4.69, 9.17) is 11.6 Å². The minimum Gasteiger partial charge on any atom is -0.312 e. The normalized spacial score (nSPS) is 15.6. The lowest BCUT2D eigenvalue weighted by Gasteiger charge is -2.19. The Kier molecular flexibility index (Phi) is 4.57. The van der Waals surface area contributed by atoms with Crippen molar-refractivity contribution >= 4 is 34.9 Å². The molecule has 1 saturated heterocycles. The number of aromatic nitrogens is 2. The first-order chi connectivity index (χ1) is 11.5. The molecule has 24 heavy (non-hydrogen) atoms. The van der Waals surface area contributed by atoms with Crippen LogP contribution < -0.4 is 10.2 Å². The van der Waals surface area contributed by atoms with Crippen LogP contribution in [0.1, 0.15) is 36.9 Å². The second-order valence-electron chi connectivity index (χ2n) is 6.00. The molecule has 1 aromatic carbocycles. The molecule has 1 aliphatic rings. The number of carbonyl (C=O) groups is 2. The molecule has 6 nitrogen and oxygen atoms in total. The molecule has 2 aromatic rings. The zero-order valence-corrected chi connectivity index (χ0v) is 14.4. The van der Waals surface area contributed by atoms with Gasteiger partial charge in [-0.3, -0.25) is 14.7 Å². The molecule has 0 radical (unpaired) electrons. The number of rotatable bonds is 4. The van der Waals surface area contributed by atoms with E-state index >= 15 is 0 Å². The van der Waals surface area contributed by atoms with E-state index in [-0.39, 0.29) is 11.8 Å². The van der Waals surface area contributed by atoms with Crippen molar-refractivity contribution in [1.82, 2.24) is 10.2 Å². The van der Waals surface area contributed by atoms with Crippen LogP contribution in [0.15, 0.2) is 24.3 Å². The van der Waals surface area contributed by atoms with Gasteiger partial charge < -0.3 is 10.2 Å². The highest BCUT2D eigenvalue weighted by Crippen LogP contribution is 2.31. The molecule has 2 amide bonds. The molecule has 1 atom stereocenters. The molecule has 7 heteroatoms. The second-order valence-corrected chi connectivity index (χ2v) is 6.41. The van der Waals surface area contributed by atoms with E-state index in [2.05, 4.69) is 15.5 Å². The minimum absolute atomic E-state index is 0.110. The number of nitrogens with one attached hydrogen (secondary N) is 2. The van der Waals surface area contributed by atoms with E-state index in [1.54, 1.807) is 24.0 Å². The van der Waals surface area contributed by atoms with Crippen molar-refractivity contribution in [1.29, 1.82) is 0 Å². The summed E-state index contributed by atoms with van der Waals surface area (Å²) in [6.45, 7) is 4.36. The van der Waals surface area contributed by atoms with Crippen LogP contribution in [0.2, 0.25) is 5.02 Å². The Morgan fingerprint density at radius 1 is 1.42 bits per heavy atom. The lowest BCUT2D eigenvalue weighted by atomic mass is 9.99. The van der Waals surface area contributed by atoms with Gasteiger partial charge in [0.25, 0.3) is 0 Å². The van der Waals surface area contributed by atoms with Gasteiger partial charge >= 0.3 is 0 Å². The number of benzene rings is 1. The number of nitrogens with zero attached hydrogens (tertiary/aromatic N) is 2. The fourth-order valence-electron chi connectivity index (χ4n) is 2.81. The van der Waals surface area contributed by atoms with Gasteiger partial charge in [0, 0.05) is 35.4 Å². The highest BCUT2D eigenvalue weighted by atomic mass is 35.5. The van der Waals surface area contributed by atoms with Gasteiger partial charge in [-0.05, 0) is 38.0 Å². The van der Waals surface area contributed by atoms with E-state index in [9.17, 15) is 9.59 Å². The number of carbonyl (C=O) groups excluding carboxylic acids is 2. The lowest BCUT2D eigenvalue weighted by Crippen LogP contribution is -2.24. The van der Waals surface area contributed by atoms with E-state index in [0.717, 1.165) is 23.4 Å². The molecule has 2 N–H and O–H groups in total. The summed E-state index contributed by atoms with van der Waals surface area (Å²) in [6, 6.07) is 7.16. The van der Waals surface area contributed by atoms with Crippen LogP contribution in [0.4, 0.5) is 11.5 Å². The van der Waals surface area contributed by atoms with Crippen LogP contribution in [0.3, 0.4) is 0 Å². The molecule has 1 fully saturated rings. The number of halogens is 1. The van der Waals surface area contributed by atoms with Gasteiger partial charge in [-0.25, -0.2) is 0 Å². The molecule has 1 aliphatic heterocycles. The third-order valence-electron chi connectivity index (χ3n) is 4.19. The van der Waals surface area contributed by atoms with Crippen LogP contribution in [0.5, 0.6) is 0 Å². The molecule has 0 saturated carbocycles. The first kappa shape index (κ1) is 16.5. The number of hydrogen-bond donors (Lipinski definition) is 2. The minimum atomic E-state index is -0.433. The largest absolute Gasteiger partial charge is 0.312 e. The molecule has 2 heterocycles. The molecule has 126 valence electrons. The van der Waals surface area contributed by atoms with E-state index in [0.29, 0.717) is 23.8 Å². The number of aromatic amines is 1. The third kappa shape index (κ3) is 3.28. The van der Waals surface area contributed by atoms with Crippen LogP contribution in [-0.4, -0.2) is 28.6 Å². The summed E-state index contributed by atoms with van der Waals surface area (Å²) in [5.74, 6) is -0.0236. The van der Waals surface area contributed by atoms with Gasteiger partial charge in [0.2, 0.25) is 11.8 Å². The molecule has 1 unspecified atom stereocenters. The van der Waals surface area contributed by atoms with Crippen LogP contribution in [-0.2, 0) is 9.59 Å². The topological polar surface area (TPSA) is 78.1 Å². The van der Waals surface area contributed by atoms with Gasteiger partial charge in [0.05, 0.1) is 5.92 Å². The van der Waals surface area contributed by atoms with Gasteiger partial charge in [0.1, 0.15) is 0 Å². The Balaban J connectivity index is 1.76. The van der Waals surface area contributed by atoms with Crippen LogP contribution in [0, 0.1) is 6.92 Å². The van der Waals surface area contributed by atoms with Gasteiger partial charge in [-0.2, -0.15) is 5.10 Å². The number of aryl methyl sites for hydroxylation is 1. The quantitative estimate of drug-likeness (QED) is 0.892. The highest BCUT2D eigenvalue weighted by molar-refractivity contribution is 6.32. The van der Waals surface area contributed by atoms with Gasteiger partial charge in [-0.15, -0.1) is 0 Å². The van der Waals surface area contributed by atoms with Crippen LogP contribution >= 0.6 is 11.6 Å². The SMILES string of the molecule is Cc1cc(NC(=O)C(C)c2ccc(N3CCCC3=O)cc2Cl)n[nH]1. The molecular formula is C17H19ClN4O2. The van der Waals surface area contributed by atoms with Crippen molar-refractivity contribution < 1.29 is 9.59 Å². The number of amides is 2. The van der Waals surface area contributed by atoms with Gasteiger partial charge in [0.15, 0.2) is 5.82 Å². The zero-order chi connectivity index (χ0) is 17.3. The van der Waals surface area contributed by atoms with E-state index in [1.807, 2.05) is 19.1 Å². The molecule has 0 bridgehead atoms.